The second-order valence-electron chi connectivity index (χ2n) is 6.20. The van der Waals surface area contributed by atoms with Crippen molar-refractivity contribution < 1.29 is 14.0 Å². The van der Waals surface area contributed by atoms with E-state index in [0.717, 1.165) is 31.0 Å². The summed E-state index contributed by atoms with van der Waals surface area (Å²) in [5.41, 5.74) is 1.08. The van der Waals surface area contributed by atoms with Crippen LogP contribution >= 0.6 is 24.0 Å². The number of benzene rings is 1. The van der Waals surface area contributed by atoms with E-state index in [2.05, 4.69) is 15.5 Å². The number of rotatable bonds is 4. The van der Waals surface area contributed by atoms with Gasteiger partial charge in [-0.2, -0.15) is 4.98 Å². The van der Waals surface area contributed by atoms with Gasteiger partial charge in [0.2, 0.25) is 11.7 Å². The maximum atomic E-state index is 6.24. The van der Waals surface area contributed by atoms with Crippen LogP contribution in [0.2, 0.25) is 5.02 Å². The van der Waals surface area contributed by atoms with Crippen LogP contribution in [0.4, 0.5) is 0 Å². The Balaban J connectivity index is 0.00000169. The molecule has 1 saturated carbocycles. The maximum absolute atomic E-state index is 6.24. The summed E-state index contributed by atoms with van der Waals surface area (Å²) >= 11 is 6.24. The second-order valence-corrected chi connectivity index (χ2v) is 6.60. The molecule has 6 nitrogen and oxygen atoms in total. The lowest BCUT2D eigenvalue weighted by atomic mass is 10.0. The second kappa shape index (κ2) is 6.43. The molecule has 0 radical (unpaired) electrons. The Labute approximate surface area is 151 Å². The lowest BCUT2D eigenvalue weighted by molar-refractivity contribution is 0.355. The third-order valence-electron chi connectivity index (χ3n) is 4.90. The van der Waals surface area contributed by atoms with Gasteiger partial charge in [0.15, 0.2) is 11.5 Å². The first-order valence-corrected chi connectivity index (χ1v) is 8.01. The van der Waals surface area contributed by atoms with Crippen molar-refractivity contribution in [3.63, 3.8) is 0 Å². The molecule has 1 saturated heterocycles. The van der Waals surface area contributed by atoms with Crippen molar-refractivity contribution in [2.24, 2.45) is 5.41 Å². The minimum Gasteiger partial charge on any atom is -0.493 e. The monoisotopic (exact) mass is 371 g/mol. The van der Waals surface area contributed by atoms with Crippen molar-refractivity contribution in [2.75, 3.05) is 27.3 Å². The summed E-state index contributed by atoms with van der Waals surface area (Å²) in [5, 5.41) is 7.98. The van der Waals surface area contributed by atoms with Gasteiger partial charge in [0.05, 0.1) is 19.2 Å². The highest BCUT2D eigenvalue weighted by Crippen LogP contribution is 2.62. The van der Waals surface area contributed by atoms with Crippen LogP contribution in [-0.4, -0.2) is 37.4 Å². The van der Waals surface area contributed by atoms with Gasteiger partial charge in [-0.1, -0.05) is 16.8 Å². The Bertz CT molecular complexity index is 744. The number of nitrogens with zero attached hydrogens (tertiary/aromatic N) is 2. The van der Waals surface area contributed by atoms with Gasteiger partial charge in [-0.25, -0.2) is 0 Å². The molecule has 0 amide bonds. The van der Waals surface area contributed by atoms with E-state index in [1.54, 1.807) is 26.4 Å². The van der Waals surface area contributed by atoms with E-state index in [-0.39, 0.29) is 12.4 Å². The summed E-state index contributed by atoms with van der Waals surface area (Å²) in [5.74, 6) is 2.66. The lowest BCUT2D eigenvalue weighted by Gasteiger charge is -2.10. The molecule has 1 aromatic heterocycles. The third kappa shape index (κ3) is 2.72. The standard InChI is InChI=1S/C16H18ClN3O3.ClH/c1-21-12-6-9(5-11(17)13(12)22-2)14-19-15(23-20-14)10-7-16(10)3-4-18-8-16;/h5-6,10,18H,3-4,7-8H2,1-2H3;1H. The van der Waals surface area contributed by atoms with Gasteiger partial charge in [0.25, 0.3) is 0 Å². The van der Waals surface area contributed by atoms with E-state index >= 15 is 0 Å². The molecule has 0 bridgehead atoms. The highest BCUT2D eigenvalue weighted by molar-refractivity contribution is 6.32. The summed E-state index contributed by atoms with van der Waals surface area (Å²) < 4.78 is 16.1. The Hall–Kier alpha value is -1.50. The highest BCUT2D eigenvalue weighted by atomic mass is 35.5. The van der Waals surface area contributed by atoms with E-state index < -0.39 is 0 Å². The fraction of sp³-hybridized carbons (Fsp3) is 0.500. The lowest BCUT2D eigenvalue weighted by Crippen LogP contribution is -2.10. The van der Waals surface area contributed by atoms with E-state index in [1.165, 1.54) is 6.42 Å². The molecule has 2 fully saturated rings. The van der Waals surface area contributed by atoms with Crippen molar-refractivity contribution in [2.45, 2.75) is 18.8 Å². The van der Waals surface area contributed by atoms with Crippen molar-refractivity contribution >= 4 is 24.0 Å². The van der Waals surface area contributed by atoms with E-state index in [0.29, 0.717) is 33.7 Å². The topological polar surface area (TPSA) is 69.4 Å². The van der Waals surface area contributed by atoms with Crippen LogP contribution < -0.4 is 14.8 Å². The Morgan fingerprint density at radius 3 is 2.83 bits per heavy atom. The van der Waals surface area contributed by atoms with Crippen LogP contribution in [0.15, 0.2) is 16.7 Å². The maximum Gasteiger partial charge on any atom is 0.230 e. The van der Waals surface area contributed by atoms with Gasteiger partial charge in [0.1, 0.15) is 0 Å². The molecular weight excluding hydrogens is 353 g/mol. The predicted octanol–water partition coefficient (Wildman–Crippen LogP) is 3.30. The van der Waals surface area contributed by atoms with Crippen molar-refractivity contribution in [1.82, 2.24) is 15.5 Å². The third-order valence-corrected chi connectivity index (χ3v) is 5.18. The number of ether oxygens (including phenoxy) is 2. The molecular formula is C16H19Cl2N3O3. The van der Waals surface area contributed by atoms with Gasteiger partial charge < -0.3 is 19.3 Å². The molecule has 1 spiro atoms. The van der Waals surface area contributed by atoms with Crippen LogP contribution in [0.3, 0.4) is 0 Å². The van der Waals surface area contributed by atoms with Crippen molar-refractivity contribution in [3.05, 3.63) is 23.0 Å². The zero-order valence-corrected chi connectivity index (χ0v) is 15.0. The summed E-state index contributed by atoms with van der Waals surface area (Å²) in [6.07, 6.45) is 2.30. The normalized spacial score (nSPS) is 24.7. The molecule has 1 aliphatic carbocycles. The minimum absolute atomic E-state index is 0. The fourth-order valence-corrected chi connectivity index (χ4v) is 3.76. The number of hydrogen-bond donors (Lipinski definition) is 1. The smallest absolute Gasteiger partial charge is 0.230 e. The molecule has 2 aliphatic rings. The average Bonchev–Trinajstić information content (AvgIpc) is 2.93. The Kier molecular flexibility index (Phi) is 4.64. The first kappa shape index (κ1) is 17.3. The molecule has 8 heteroatoms. The van der Waals surface area contributed by atoms with Crippen LogP contribution in [0.25, 0.3) is 11.4 Å². The molecule has 2 atom stereocenters. The number of aromatic nitrogens is 2. The molecule has 1 N–H and O–H groups in total. The summed E-state index contributed by atoms with van der Waals surface area (Å²) in [6.45, 7) is 2.11. The molecule has 130 valence electrons. The molecule has 2 aromatic rings. The molecule has 2 heterocycles. The van der Waals surface area contributed by atoms with Crippen LogP contribution in [-0.2, 0) is 0 Å². The number of halogens is 2. The molecule has 24 heavy (non-hydrogen) atoms. The zero-order valence-electron chi connectivity index (χ0n) is 13.5. The predicted molar refractivity (Wildman–Crippen MR) is 92.4 cm³/mol. The Morgan fingerprint density at radius 1 is 1.33 bits per heavy atom. The van der Waals surface area contributed by atoms with Crippen LogP contribution in [0.1, 0.15) is 24.7 Å². The molecule has 1 aliphatic heterocycles. The van der Waals surface area contributed by atoms with Gasteiger partial charge in [0, 0.05) is 18.0 Å². The average molecular weight is 372 g/mol. The van der Waals surface area contributed by atoms with Gasteiger partial charge in [-0.15, -0.1) is 12.4 Å². The summed E-state index contributed by atoms with van der Waals surface area (Å²) in [4.78, 5) is 4.57. The van der Waals surface area contributed by atoms with Crippen molar-refractivity contribution in [3.8, 4) is 22.9 Å². The molecule has 2 unspecified atom stereocenters. The van der Waals surface area contributed by atoms with Gasteiger partial charge >= 0.3 is 0 Å². The quantitative estimate of drug-likeness (QED) is 0.888. The Morgan fingerprint density at radius 2 is 2.17 bits per heavy atom. The van der Waals surface area contributed by atoms with E-state index in [4.69, 9.17) is 25.6 Å². The zero-order chi connectivity index (χ0) is 16.0. The van der Waals surface area contributed by atoms with Gasteiger partial charge in [-0.3, -0.25) is 0 Å². The van der Waals surface area contributed by atoms with Crippen LogP contribution in [0.5, 0.6) is 11.5 Å². The minimum atomic E-state index is 0. The number of nitrogens with one attached hydrogen (secondary N) is 1. The van der Waals surface area contributed by atoms with Crippen molar-refractivity contribution in [1.29, 1.82) is 0 Å². The fourth-order valence-electron chi connectivity index (χ4n) is 3.47. The SMILES string of the molecule is COc1cc(-c2noc(C3CC34CCNC4)n2)cc(Cl)c1OC.Cl. The summed E-state index contributed by atoms with van der Waals surface area (Å²) in [7, 11) is 3.12. The van der Waals surface area contributed by atoms with Gasteiger partial charge in [-0.05, 0) is 36.9 Å². The highest BCUT2D eigenvalue weighted by Gasteiger charge is 2.58. The van der Waals surface area contributed by atoms with E-state index in [9.17, 15) is 0 Å². The van der Waals surface area contributed by atoms with Crippen LogP contribution in [0, 0.1) is 5.41 Å². The molecule has 1 aromatic carbocycles. The number of methoxy groups -OCH3 is 2. The summed E-state index contributed by atoms with van der Waals surface area (Å²) in [6, 6.07) is 3.57. The first-order valence-electron chi connectivity index (χ1n) is 7.63. The number of hydrogen-bond acceptors (Lipinski definition) is 6. The van der Waals surface area contributed by atoms with E-state index in [1.807, 2.05) is 0 Å². The first-order chi connectivity index (χ1) is 11.2. The largest absolute Gasteiger partial charge is 0.493 e. The molecule has 4 rings (SSSR count).